The average Bonchev–Trinajstić information content (AvgIpc) is 3.42. The van der Waals surface area contributed by atoms with Crippen LogP contribution in [0.15, 0.2) is 63.8 Å². The zero-order valence-electron chi connectivity index (χ0n) is 30.8. The number of ketones is 2. The second kappa shape index (κ2) is 19.7. The minimum atomic E-state index is -0.957. The van der Waals surface area contributed by atoms with Crippen molar-refractivity contribution >= 4 is 68.5 Å². The number of carbonyl (C=O) groups excluding carboxylic acids is 4. The predicted octanol–water partition coefficient (Wildman–Crippen LogP) is 6.69. The standard InChI is InChI=1S/C41H41ClINO12/c1-2-53-38-24-37-29(22-31(38)43)34(47)23-36(56-37)27-11-10-26(21-30(27)42)54-19-17-51-15-13-50-14-16-52-18-20-55-35-8-4-6-28-39(35)41(49)44(40(28)48)32-12-9-25(45)5-3-7-33(32)46/h4,6,8,10-11,21-24,32H,2-3,5,7,9,12-20H2,1H3. The Labute approximate surface area is 341 Å². The Bertz CT molecular complexity index is 2150. The van der Waals surface area contributed by atoms with Gasteiger partial charge in [0, 0.05) is 37.0 Å². The molecule has 6 rings (SSSR count). The number of hydrogen-bond acceptors (Lipinski definition) is 12. The lowest BCUT2D eigenvalue weighted by Crippen LogP contribution is -2.45. The van der Waals surface area contributed by atoms with Gasteiger partial charge in [0.05, 0.1) is 77.4 Å². The maximum atomic E-state index is 13.4. The van der Waals surface area contributed by atoms with Gasteiger partial charge in [0.25, 0.3) is 11.8 Å². The lowest BCUT2D eigenvalue weighted by atomic mass is 9.94. The average molecular weight is 902 g/mol. The van der Waals surface area contributed by atoms with Crippen LogP contribution < -0.4 is 19.6 Å². The van der Waals surface area contributed by atoms with E-state index < -0.39 is 17.9 Å². The van der Waals surface area contributed by atoms with Gasteiger partial charge in [-0.3, -0.25) is 28.9 Å². The van der Waals surface area contributed by atoms with E-state index in [1.807, 2.05) is 6.92 Å². The summed E-state index contributed by atoms with van der Waals surface area (Å²) in [5, 5.41) is 0.826. The highest BCUT2D eigenvalue weighted by Gasteiger charge is 2.44. The number of amides is 2. The van der Waals surface area contributed by atoms with Gasteiger partial charge in [0.2, 0.25) is 0 Å². The molecule has 1 aliphatic carbocycles. The van der Waals surface area contributed by atoms with Crippen molar-refractivity contribution in [3.8, 4) is 28.6 Å². The molecule has 2 amide bonds. The highest BCUT2D eigenvalue weighted by atomic mass is 127. The van der Waals surface area contributed by atoms with Crippen molar-refractivity contribution in [2.75, 3.05) is 59.5 Å². The van der Waals surface area contributed by atoms with Gasteiger partial charge in [0.1, 0.15) is 47.6 Å². The summed E-state index contributed by atoms with van der Waals surface area (Å²) in [6.07, 6.45) is 1.20. The molecule has 1 unspecified atom stereocenters. The smallest absolute Gasteiger partial charge is 0.266 e. The van der Waals surface area contributed by atoms with Crippen LogP contribution in [0.4, 0.5) is 0 Å². The molecule has 3 aromatic carbocycles. The highest BCUT2D eigenvalue weighted by Crippen LogP contribution is 2.35. The summed E-state index contributed by atoms with van der Waals surface area (Å²) < 4.78 is 40.8. The Morgan fingerprint density at radius 2 is 1.46 bits per heavy atom. The molecular formula is C41H41ClINO12. The van der Waals surface area contributed by atoms with E-state index in [1.54, 1.807) is 42.5 Å². The van der Waals surface area contributed by atoms with Crippen LogP contribution >= 0.6 is 34.2 Å². The molecule has 0 N–H and O–H groups in total. The van der Waals surface area contributed by atoms with E-state index in [-0.39, 0.29) is 73.0 Å². The number of fused-ring (bicyclic) bond motifs is 2. The summed E-state index contributed by atoms with van der Waals surface area (Å²) >= 11 is 8.68. The molecule has 2 aliphatic rings. The molecule has 4 aromatic rings. The normalized spacial score (nSPS) is 15.9. The minimum Gasteiger partial charge on any atom is -0.493 e. The Kier molecular flexibility index (Phi) is 14.5. The first-order chi connectivity index (χ1) is 27.2. The molecule has 13 nitrogen and oxygen atoms in total. The van der Waals surface area contributed by atoms with Crippen LogP contribution in [0.25, 0.3) is 22.3 Å². The number of imide groups is 1. The number of carbonyl (C=O) groups is 4. The molecule has 1 aliphatic heterocycles. The van der Waals surface area contributed by atoms with E-state index in [2.05, 4.69) is 22.6 Å². The highest BCUT2D eigenvalue weighted by molar-refractivity contribution is 14.1. The SMILES string of the molecule is CCOc1cc2oc(-c3ccc(OCCOCCOCCOCCOc4cccc5c4C(=O)N(C4CCC(=O)CCCC4=O)C5=O)cc3Cl)cc(=O)c2cc1I. The fourth-order valence-corrected chi connectivity index (χ4v) is 7.36. The topological polar surface area (TPSA) is 157 Å². The van der Waals surface area contributed by atoms with Crippen molar-refractivity contribution < 1.29 is 52.0 Å². The number of benzene rings is 3. The van der Waals surface area contributed by atoms with E-state index >= 15 is 0 Å². The predicted molar refractivity (Wildman–Crippen MR) is 214 cm³/mol. The van der Waals surface area contributed by atoms with E-state index in [9.17, 15) is 24.0 Å². The van der Waals surface area contributed by atoms with Crippen LogP contribution in [0.5, 0.6) is 17.2 Å². The Morgan fingerprint density at radius 1 is 0.750 bits per heavy atom. The summed E-state index contributed by atoms with van der Waals surface area (Å²) in [5.74, 6) is 0.435. The molecule has 15 heteroatoms. The molecule has 0 spiro atoms. The summed E-state index contributed by atoms with van der Waals surface area (Å²) in [5.41, 5.74) is 1.08. The van der Waals surface area contributed by atoms with E-state index in [1.165, 1.54) is 12.1 Å². The number of rotatable bonds is 18. The lowest BCUT2D eigenvalue weighted by Gasteiger charge is -2.26. The Balaban J connectivity index is 0.853. The van der Waals surface area contributed by atoms with Crippen LogP contribution in [0.2, 0.25) is 5.02 Å². The van der Waals surface area contributed by atoms with Crippen molar-refractivity contribution in [1.82, 2.24) is 4.90 Å². The molecule has 1 fully saturated rings. The van der Waals surface area contributed by atoms with Gasteiger partial charge in [-0.25, -0.2) is 0 Å². The third kappa shape index (κ3) is 9.95. The fraction of sp³-hybridized carbons (Fsp3) is 0.390. The molecule has 1 aromatic heterocycles. The third-order valence-corrected chi connectivity index (χ3v) is 10.3. The zero-order chi connectivity index (χ0) is 39.6. The van der Waals surface area contributed by atoms with Crippen molar-refractivity contribution in [3.05, 3.63) is 84.5 Å². The minimum absolute atomic E-state index is 0.0277. The molecule has 0 radical (unpaired) electrons. The number of nitrogens with zero attached hydrogens (tertiary/aromatic N) is 1. The quantitative estimate of drug-likeness (QED) is 0.0593. The van der Waals surface area contributed by atoms with Gasteiger partial charge < -0.3 is 32.8 Å². The Hall–Kier alpha value is -4.35. The largest absolute Gasteiger partial charge is 0.493 e. The monoisotopic (exact) mass is 901 g/mol. The lowest BCUT2D eigenvalue weighted by molar-refractivity contribution is -0.125. The van der Waals surface area contributed by atoms with Gasteiger partial charge in [-0.1, -0.05) is 17.7 Å². The summed E-state index contributed by atoms with van der Waals surface area (Å²) in [4.78, 5) is 65.2. The first-order valence-electron chi connectivity index (χ1n) is 18.4. The number of Topliss-reactive ketones (excluding diaryl/α,β-unsaturated/α-hetero) is 2. The summed E-state index contributed by atoms with van der Waals surface area (Å²) in [6.45, 7) is 4.66. The second-order valence-electron chi connectivity index (χ2n) is 12.9. The van der Waals surface area contributed by atoms with Crippen molar-refractivity contribution in [3.63, 3.8) is 0 Å². The van der Waals surface area contributed by atoms with Gasteiger partial charge >= 0.3 is 0 Å². The summed E-state index contributed by atoms with van der Waals surface area (Å²) in [6, 6.07) is 13.8. The maximum absolute atomic E-state index is 13.4. The van der Waals surface area contributed by atoms with E-state index in [0.717, 1.165) is 8.47 Å². The number of hydrogen-bond donors (Lipinski definition) is 0. The van der Waals surface area contributed by atoms with Gasteiger partial charge in [-0.05, 0) is 78.8 Å². The molecule has 296 valence electrons. The first kappa shape index (κ1) is 41.3. The van der Waals surface area contributed by atoms with Crippen LogP contribution in [0, 0.1) is 3.57 Å². The van der Waals surface area contributed by atoms with E-state index in [0.29, 0.717) is 91.3 Å². The maximum Gasteiger partial charge on any atom is 0.266 e. The second-order valence-corrected chi connectivity index (χ2v) is 14.5. The first-order valence-corrected chi connectivity index (χ1v) is 19.9. The number of ether oxygens (including phenoxy) is 6. The van der Waals surface area contributed by atoms with Gasteiger partial charge in [-0.15, -0.1) is 0 Å². The molecule has 0 bridgehead atoms. The van der Waals surface area contributed by atoms with Crippen LogP contribution in [0.1, 0.15) is 59.7 Å². The van der Waals surface area contributed by atoms with Crippen molar-refractivity contribution in [2.24, 2.45) is 0 Å². The fourth-order valence-electron chi connectivity index (χ4n) is 6.47. The van der Waals surface area contributed by atoms with Crippen LogP contribution in [-0.4, -0.2) is 93.8 Å². The third-order valence-electron chi connectivity index (χ3n) is 9.18. The molecule has 1 atom stereocenters. The Morgan fingerprint density at radius 3 is 2.18 bits per heavy atom. The molecule has 1 saturated carbocycles. The van der Waals surface area contributed by atoms with Crippen LogP contribution in [-0.2, 0) is 23.8 Å². The number of halogens is 2. The van der Waals surface area contributed by atoms with Crippen molar-refractivity contribution in [1.29, 1.82) is 0 Å². The zero-order valence-corrected chi connectivity index (χ0v) is 33.7. The molecule has 2 heterocycles. The van der Waals surface area contributed by atoms with E-state index in [4.69, 9.17) is 44.4 Å². The van der Waals surface area contributed by atoms with Gasteiger partial charge in [-0.2, -0.15) is 0 Å². The molecule has 56 heavy (non-hydrogen) atoms. The molecule has 0 saturated heterocycles. The summed E-state index contributed by atoms with van der Waals surface area (Å²) in [7, 11) is 0. The molecular weight excluding hydrogens is 861 g/mol. The van der Waals surface area contributed by atoms with Gasteiger partial charge in [0.15, 0.2) is 11.2 Å². The van der Waals surface area contributed by atoms with Crippen LogP contribution in [0.3, 0.4) is 0 Å². The van der Waals surface area contributed by atoms with Crippen molar-refractivity contribution in [2.45, 2.75) is 45.1 Å².